The van der Waals surface area contributed by atoms with Crippen LogP contribution >= 0.6 is 0 Å². The van der Waals surface area contributed by atoms with E-state index in [0.29, 0.717) is 23.0 Å². The van der Waals surface area contributed by atoms with Crippen LogP contribution in [0, 0.1) is 5.92 Å². The van der Waals surface area contributed by atoms with Crippen LogP contribution in [-0.4, -0.2) is 53.6 Å². The van der Waals surface area contributed by atoms with E-state index in [1.54, 1.807) is 12.3 Å². The van der Waals surface area contributed by atoms with Crippen molar-refractivity contribution in [2.24, 2.45) is 11.7 Å². The molecule has 0 aliphatic carbocycles. The number of fused-ring (bicyclic) bond motifs is 2. The highest BCUT2D eigenvalue weighted by Crippen LogP contribution is 2.34. The first-order chi connectivity index (χ1) is 18.0. The quantitative estimate of drug-likeness (QED) is 0.373. The van der Waals surface area contributed by atoms with Crippen LogP contribution in [0.3, 0.4) is 0 Å². The lowest BCUT2D eigenvalue weighted by atomic mass is 9.92. The van der Waals surface area contributed by atoms with Gasteiger partial charge in [-0.3, -0.25) is 4.79 Å². The van der Waals surface area contributed by atoms with Crippen LogP contribution in [0.1, 0.15) is 34.3 Å². The van der Waals surface area contributed by atoms with Crippen LogP contribution in [-0.2, 0) is 13.0 Å². The van der Waals surface area contributed by atoms with Crippen molar-refractivity contribution >= 4 is 22.6 Å². The van der Waals surface area contributed by atoms with Crippen LogP contribution < -0.4 is 15.4 Å². The van der Waals surface area contributed by atoms with E-state index >= 15 is 0 Å². The minimum Gasteiger partial charge on any atom is -0.455 e. The number of carbonyl (C=O) groups is 1. The number of anilines is 1. The molecule has 2 aliphatic rings. The van der Waals surface area contributed by atoms with Crippen molar-refractivity contribution in [2.75, 3.05) is 38.1 Å². The number of primary amides is 1. The van der Waals surface area contributed by atoms with E-state index < -0.39 is 5.91 Å². The molecule has 1 saturated heterocycles. The Kier molecular flexibility index (Phi) is 6.08. The Labute approximate surface area is 217 Å². The fraction of sp³-hybridized carbons (Fsp3) is 0.333. The highest BCUT2D eigenvalue weighted by molar-refractivity contribution is 5.96. The minimum absolute atomic E-state index is 0.371. The molecule has 6 rings (SSSR count). The van der Waals surface area contributed by atoms with E-state index in [2.05, 4.69) is 46.2 Å². The van der Waals surface area contributed by atoms with Gasteiger partial charge in [-0.05, 0) is 42.7 Å². The first-order valence-corrected chi connectivity index (χ1v) is 13.2. The number of nitrogens with two attached hydrogens (primary N) is 1. The molecule has 1 unspecified atom stereocenters. The van der Waals surface area contributed by atoms with Crippen LogP contribution in [0.5, 0.6) is 11.5 Å². The van der Waals surface area contributed by atoms with E-state index in [0.717, 1.165) is 53.7 Å². The van der Waals surface area contributed by atoms with Gasteiger partial charge in [0.1, 0.15) is 23.7 Å². The summed E-state index contributed by atoms with van der Waals surface area (Å²) in [7, 11) is 2.42. The maximum Gasteiger partial charge on any atom is 0.252 e. The highest BCUT2D eigenvalue weighted by atomic mass is 16.5. The number of nitrogens with one attached hydrogen (secondary N) is 1. The van der Waals surface area contributed by atoms with Crippen LogP contribution in [0.4, 0.5) is 5.69 Å². The molecule has 0 saturated carbocycles. The summed E-state index contributed by atoms with van der Waals surface area (Å²) in [6.07, 6.45) is 7.00. The Morgan fingerprint density at radius 3 is 2.76 bits per heavy atom. The number of benzene rings is 2. The number of ether oxygens (including phenoxy) is 1. The van der Waals surface area contributed by atoms with Gasteiger partial charge in [0.05, 0.1) is 31.9 Å². The second-order valence-electron chi connectivity index (χ2n) is 10.9. The number of rotatable bonds is 6. The molecular weight excluding hydrogens is 462 g/mol. The van der Waals surface area contributed by atoms with E-state index in [1.165, 1.54) is 30.6 Å². The molecule has 1 atom stereocenters. The zero-order valence-electron chi connectivity index (χ0n) is 21.3. The second kappa shape index (κ2) is 9.56. The lowest BCUT2D eigenvalue weighted by molar-refractivity contribution is -0.927. The van der Waals surface area contributed by atoms with Crippen molar-refractivity contribution in [2.45, 2.75) is 25.8 Å². The van der Waals surface area contributed by atoms with Gasteiger partial charge in [0, 0.05) is 54.3 Å². The van der Waals surface area contributed by atoms with Gasteiger partial charge in [-0.15, -0.1) is 0 Å². The average molecular weight is 497 g/mol. The molecular formula is C30H34N5O2+. The van der Waals surface area contributed by atoms with Gasteiger partial charge in [-0.25, -0.2) is 4.98 Å². The molecule has 4 heterocycles. The number of nitrogens with zero attached hydrogens (tertiary/aromatic N) is 3. The van der Waals surface area contributed by atoms with Gasteiger partial charge in [-0.1, -0.05) is 24.3 Å². The Balaban J connectivity index is 1.13. The van der Waals surface area contributed by atoms with E-state index in [9.17, 15) is 4.79 Å². The molecule has 37 heavy (non-hydrogen) atoms. The predicted molar refractivity (Wildman–Crippen MR) is 146 cm³/mol. The zero-order chi connectivity index (χ0) is 25.4. The lowest BCUT2D eigenvalue weighted by Crippen LogP contribution is -2.51. The van der Waals surface area contributed by atoms with Gasteiger partial charge >= 0.3 is 0 Å². The summed E-state index contributed by atoms with van der Waals surface area (Å²) in [5.74, 6) is 1.25. The Hall–Kier alpha value is -3.84. The van der Waals surface area contributed by atoms with Gasteiger partial charge in [0.25, 0.3) is 5.91 Å². The number of H-pyrrole nitrogens is 1. The number of carbonyl (C=O) groups excluding carboxylic acids is 1. The summed E-state index contributed by atoms with van der Waals surface area (Å²) in [4.78, 5) is 22.0. The molecule has 190 valence electrons. The zero-order valence-corrected chi connectivity index (χ0v) is 21.3. The van der Waals surface area contributed by atoms with Crippen molar-refractivity contribution in [3.05, 3.63) is 83.7 Å². The third-order valence-corrected chi connectivity index (χ3v) is 8.10. The number of amides is 1. The van der Waals surface area contributed by atoms with Gasteiger partial charge in [0.2, 0.25) is 0 Å². The summed E-state index contributed by atoms with van der Waals surface area (Å²) in [6.45, 7) is 5.57. The molecule has 0 bridgehead atoms. The fourth-order valence-electron chi connectivity index (χ4n) is 6.09. The number of quaternary nitrogens is 1. The molecule has 0 spiro atoms. The molecule has 2 aliphatic heterocycles. The summed E-state index contributed by atoms with van der Waals surface area (Å²) < 4.78 is 7.27. The Bertz CT molecular complexity index is 1440. The van der Waals surface area contributed by atoms with Crippen molar-refractivity contribution in [1.82, 2.24) is 9.97 Å². The topological polar surface area (TPSA) is 84.2 Å². The average Bonchev–Trinajstić information content (AvgIpc) is 3.37. The normalized spacial score (nSPS) is 20.1. The van der Waals surface area contributed by atoms with Crippen LogP contribution in [0.25, 0.3) is 11.0 Å². The first kappa shape index (κ1) is 23.6. The third kappa shape index (κ3) is 4.91. The standard InChI is InChI=1S/C30H33N5O2/c1-35(15-11-22-4-2-3-5-24(22)20-35)19-21-9-13-34(14-10-21)25-6-7-27(29(31)36)28(17-25)37-26-16-23-8-12-32-30(23)33-18-26/h2-8,12,16-18,21H,9-11,13-15,19-20H2,1H3,(H2-,31,32,33,36)/p+1. The molecule has 7 heteroatoms. The third-order valence-electron chi connectivity index (χ3n) is 8.10. The lowest BCUT2D eigenvalue weighted by Gasteiger charge is -2.43. The Morgan fingerprint density at radius 2 is 1.95 bits per heavy atom. The molecule has 0 radical (unpaired) electrons. The van der Waals surface area contributed by atoms with Crippen LogP contribution in [0.2, 0.25) is 0 Å². The summed E-state index contributed by atoms with van der Waals surface area (Å²) in [5.41, 5.74) is 10.9. The smallest absolute Gasteiger partial charge is 0.252 e. The fourth-order valence-corrected chi connectivity index (χ4v) is 6.09. The largest absolute Gasteiger partial charge is 0.455 e. The molecule has 4 aromatic rings. The minimum atomic E-state index is -0.504. The molecule has 7 nitrogen and oxygen atoms in total. The van der Waals surface area contributed by atoms with E-state index in [4.69, 9.17) is 10.5 Å². The van der Waals surface area contributed by atoms with Gasteiger partial charge in [0.15, 0.2) is 0 Å². The monoisotopic (exact) mass is 496 g/mol. The van der Waals surface area contributed by atoms with Gasteiger partial charge < -0.3 is 24.8 Å². The van der Waals surface area contributed by atoms with Crippen molar-refractivity contribution in [3.63, 3.8) is 0 Å². The van der Waals surface area contributed by atoms with E-state index in [-0.39, 0.29) is 0 Å². The maximum absolute atomic E-state index is 12.1. The number of aromatic nitrogens is 2. The SMILES string of the molecule is C[N+]1(CC2CCN(c3ccc(C(N)=O)c(Oc4cnc5[nH]ccc5c4)c3)CC2)CCc2ccccc2C1. The summed E-state index contributed by atoms with van der Waals surface area (Å²) >= 11 is 0. The Morgan fingerprint density at radius 1 is 1.14 bits per heavy atom. The molecule has 2 aromatic heterocycles. The van der Waals surface area contributed by atoms with Crippen molar-refractivity contribution in [3.8, 4) is 11.5 Å². The maximum atomic E-state index is 12.1. The van der Waals surface area contributed by atoms with Gasteiger partial charge in [-0.2, -0.15) is 0 Å². The molecule has 3 N–H and O–H groups in total. The second-order valence-corrected chi connectivity index (χ2v) is 10.9. The first-order valence-electron chi connectivity index (χ1n) is 13.2. The molecule has 2 aromatic carbocycles. The number of hydrogen-bond acceptors (Lipinski definition) is 4. The number of likely N-dealkylation sites (N-methyl/N-ethyl adjacent to an activating group) is 1. The summed E-state index contributed by atoms with van der Waals surface area (Å²) in [6, 6.07) is 18.5. The van der Waals surface area contributed by atoms with Crippen molar-refractivity contribution < 1.29 is 14.0 Å². The predicted octanol–water partition coefficient (Wildman–Crippen LogP) is 4.87. The number of pyridine rings is 1. The number of aromatic amines is 1. The van der Waals surface area contributed by atoms with Crippen molar-refractivity contribution in [1.29, 1.82) is 0 Å². The summed E-state index contributed by atoms with van der Waals surface area (Å²) in [5, 5.41) is 0.949. The van der Waals surface area contributed by atoms with E-state index in [1.807, 2.05) is 30.5 Å². The van der Waals surface area contributed by atoms with Crippen LogP contribution in [0.15, 0.2) is 67.0 Å². The molecule has 1 fully saturated rings. The number of piperidine rings is 1. The highest BCUT2D eigenvalue weighted by Gasteiger charge is 2.33. The molecule has 1 amide bonds. The number of hydrogen-bond donors (Lipinski definition) is 2.